The Morgan fingerprint density at radius 2 is 0.985 bits per heavy atom. The summed E-state index contributed by atoms with van der Waals surface area (Å²) in [5, 5.41) is 31.0. The summed E-state index contributed by atoms with van der Waals surface area (Å²) in [7, 11) is 0. The van der Waals surface area contributed by atoms with Gasteiger partial charge in [0.05, 0.1) is 46.2 Å². The van der Waals surface area contributed by atoms with E-state index < -0.39 is 24.0 Å². The van der Waals surface area contributed by atoms with Crippen LogP contribution >= 0.6 is 0 Å². The molecule has 1 rings (SSSR count). The molecule has 0 radical (unpaired) electrons. The predicted octanol–water partition coefficient (Wildman–Crippen LogP) is 4.20. The second-order valence-corrected chi connectivity index (χ2v) is 16.8. The van der Waals surface area contributed by atoms with E-state index in [9.17, 15) is 43.5 Å². The molecule has 0 fully saturated rings. The van der Waals surface area contributed by atoms with Crippen LogP contribution in [0, 0.1) is 5.41 Å². The van der Waals surface area contributed by atoms with Crippen LogP contribution in [0.5, 0.6) is 0 Å². The standard InChI is InChI=1S/C46H75N5O14/c1-46(2,3)34-38(53)13-11-26-62-30-31-64-28-24-48-42(57)35-16-18-36(19-17-35)43(58)49-25-29-65-33-32-63-27-23-47-40(54)14-9-7-5-4-6-8-12-37(52)20-21-39(44(59)60)51-45(61)50-22-10-15-41(55)56/h16-19,39H,4-15,20-34H2,1-3H3,(H,47,54)(H,48,57)(H,49,58)(H,55,56)(H,59,60)(H2,50,51,61)/t39-/m0/s1. The lowest BCUT2D eigenvalue weighted by molar-refractivity contribution is -0.139. The van der Waals surface area contributed by atoms with Crippen LogP contribution in [0.25, 0.3) is 0 Å². The summed E-state index contributed by atoms with van der Waals surface area (Å²) in [5.41, 5.74) is 0.831. The van der Waals surface area contributed by atoms with Crippen molar-refractivity contribution in [1.82, 2.24) is 26.6 Å². The van der Waals surface area contributed by atoms with E-state index in [0.717, 1.165) is 32.1 Å². The number of nitrogens with one attached hydrogen (secondary N) is 5. The Bertz CT molecular complexity index is 1570. The SMILES string of the molecule is CC(C)(C)CC(=O)CCCOCCOCCNC(=O)c1ccc(C(=O)NCCOCCOCCNC(=O)CCCCCCCCC(=O)CC[C@H](NC(=O)NCCCC(=O)O)C(=O)O)cc1. The van der Waals surface area contributed by atoms with Gasteiger partial charge in [-0.2, -0.15) is 0 Å². The molecule has 19 nitrogen and oxygen atoms in total. The number of carboxylic acids is 2. The van der Waals surface area contributed by atoms with Crippen LogP contribution in [-0.4, -0.2) is 143 Å². The molecule has 0 aliphatic rings. The monoisotopic (exact) mass is 922 g/mol. The Morgan fingerprint density at radius 1 is 0.508 bits per heavy atom. The first-order valence-electron chi connectivity index (χ1n) is 22.8. The number of Topliss-reactive ketones (excluding diaryl/α,β-unsaturated/α-hetero) is 2. The number of unbranched alkanes of at least 4 members (excludes halogenated alkanes) is 5. The van der Waals surface area contributed by atoms with E-state index in [1.807, 2.05) is 20.8 Å². The number of rotatable bonds is 40. The molecular weight excluding hydrogens is 847 g/mol. The van der Waals surface area contributed by atoms with Crippen molar-refractivity contribution in [3.63, 3.8) is 0 Å². The van der Waals surface area contributed by atoms with Crippen molar-refractivity contribution in [2.45, 2.75) is 123 Å². The van der Waals surface area contributed by atoms with Gasteiger partial charge in [-0.15, -0.1) is 0 Å². The minimum atomic E-state index is -1.25. The van der Waals surface area contributed by atoms with Gasteiger partial charge >= 0.3 is 18.0 Å². The normalized spacial score (nSPS) is 11.6. The molecule has 368 valence electrons. The van der Waals surface area contributed by atoms with E-state index in [4.69, 9.17) is 24.1 Å². The minimum Gasteiger partial charge on any atom is -0.481 e. The molecule has 0 heterocycles. The fourth-order valence-corrected chi connectivity index (χ4v) is 6.15. The smallest absolute Gasteiger partial charge is 0.326 e. The number of carbonyl (C=O) groups excluding carboxylic acids is 6. The van der Waals surface area contributed by atoms with Crippen LogP contribution in [0.15, 0.2) is 24.3 Å². The van der Waals surface area contributed by atoms with E-state index in [0.29, 0.717) is 116 Å². The average Bonchev–Trinajstić information content (AvgIpc) is 3.25. The number of aliphatic carboxylic acids is 2. The van der Waals surface area contributed by atoms with E-state index in [-0.39, 0.29) is 73.5 Å². The molecule has 1 aromatic rings. The highest BCUT2D eigenvalue weighted by molar-refractivity contribution is 5.97. The Balaban J connectivity index is 1.97. The zero-order valence-electron chi connectivity index (χ0n) is 38.8. The molecule has 1 aromatic carbocycles. The summed E-state index contributed by atoms with van der Waals surface area (Å²) >= 11 is 0. The van der Waals surface area contributed by atoms with Gasteiger partial charge in [-0.05, 0) is 61.8 Å². The molecule has 19 heteroatoms. The highest BCUT2D eigenvalue weighted by Crippen LogP contribution is 2.20. The summed E-state index contributed by atoms with van der Waals surface area (Å²) < 4.78 is 22.0. The van der Waals surface area contributed by atoms with Crippen LogP contribution in [0.4, 0.5) is 4.79 Å². The maximum absolute atomic E-state index is 12.5. The number of ketones is 2. The number of carbonyl (C=O) groups is 8. The Hall–Kier alpha value is -4.98. The zero-order chi connectivity index (χ0) is 48.1. The first-order chi connectivity index (χ1) is 31.1. The quantitative estimate of drug-likeness (QED) is 0.0455. The number of benzene rings is 1. The number of carboxylic acid groups (broad SMARTS) is 2. The van der Waals surface area contributed by atoms with Gasteiger partial charge in [0.15, 0.2) is 0 Å². The molecule has 0 aromatic heterocycles. The van der Waals surface area contributed by atoms with Crippen molar-refractivity contribution in [1.29, 1.82) is 0 Å². The molecule has 0 aliphatic carbocycles. The average molecular weight is 922 g/mol. The van der Waals surface area contributed by atoms with Crippen LogP contribution in [0.1, 0.15) is 138 Å². The van der Waals surface area contributed by atoms with E-state index >= 15 is 0 Å². The molecule has 0 unspecified atom stereocenters. The lowest BCUT2D eigenvalue weighted by atomic mass is 9.89. The molecule has 65 heavy (non-hydrogen) atoms. The molecule has 5 amide bonds. The first kappa shape index (κ1) is 58.0. The summed E-state index contributed by atoms with van der Waals surface area (Å²) in [5.74, 6) is -2.69. The molecule has 1 atom stereocenters. The van der Waals surface area contributed by atoms with Crippen molar-refractivity contribution in [3.05, 3.63) is 35.4 Å². The van der Waals surface area contributed by atoms with Gasteiger partial charge in [-0.3, -0.25) is 28.8 Å². The minimum absolute atomic E-state index is 0.000900. The molecule has 0 saturated carbocycles. The second kappa shape index (κ2) is 36.3. The summed E-state index contributed by atoms with van der Waals surface area (Å²) in [6.07, 6.45) is 7.58. The first-order valence-corrected chi connectivity index (χ1v) is 22.8. The number of hydrogen-bond donors (Lipinski definition) is 7. The van der Waals surface area contributed by atoms with Crippen molar-refractivity contribution in [2.75, 3.05) is 79.0 Å². The third-order valence-electron chi connectivity index (χ3n) is 9.54. The third-order valence-corrected chi connectivity index (χ3v) is 9.54. The van der Waals surface area contributed by atoms with Crippen molar-refractivity contribution in [3.8, 4) is 0 Å². The molecule has 0 saturated heterocycles. The van der Waals surface area contributed by atoms with Gasteiger partial charge in [0.25, 0.3) is 11.8 Å². The van der Waals surface area contributed by atoms with E-state index in [1.54, 1.807) is 24.3 Å². The second-order valence-electron chi connectivity index (χ2n) is 16.8. The molecule has 0 spiro atoms. The van der Waals surface area contributed by atoms with Gasteiger partial charge in [-0.25, -0.2) is 9.59 Å². The van der Waals surface area contributed by atoms with Gasteiger partial charge in [0, 0.05) is 82.4 Å². The number of urea groups is 1. The summed E-state index contributed by atoms with van der Waals surface area (Å²) in [6.45, 7) is 10.1. The van der Waals surface area contributed by atoms with Crippen molar-refractivity contribution < 1.29 is 67.5 Å². The fourth-order valence-electron chi connectivity index (χ4n) is 6.15. The number of ether oxygens (including phenoxy) is 4. The maximum Gasteiger partial charge on any atom is 0.326 e. The van der Waals surface area contributed by atoms with Gasteiger partial charge in [-0.1, -0.05) is 46.5 Å². The highest BCUT2D eigenvalue weighted by Gasteiger charge is 2.21. The maximum atomic E-state index is 12.5. The predicted molar refractivity (Wildman–Crippen MR) is 242 cm³/mol. The van der Waals surface area contributed by atoms with Gasteiger partial charge in [0.1, 0.15) is 17.6 Å². The van der Waals surface area contributed by atoms with E-state index in [1.165, 1.54) is 0 Å². The van der Waals surface area contributed by atoms with Crippen molar-refractivity contribution in [2.24, 2.45) is 5.41 Å². The van der Waals surface area contributed by atoms with Gasteiger partial charge in [0.2, 0.25) is 5.91 Å². The highest BCUT2D eigenvalue weighted by atomic mass is 16.5. The molecular formula is C46H75N5O14. The summed E-state index contributed by atoms with van der Waals surface area (Å²) in [4.78, 5) is 95.0. The Morgan fingerprint density at radius 3 is 1.49 bits per heavy atom. The molecule has 7 N–H and O–H groups in total. The van der Waals surface area contributed by atoms with Crippen LogP contribution in [-0.2, 0) is 42.9 Å². The Kier molecular flexibility index (Phi) is 32.4. The molecule has 0 bridgehead atoms. The topological polar surface area (TPSA) is 274 Å². The fraction of sp³-hybridized carbons (Fsp3) is 0.696. The van der Waals surface area contributed by atoms with Crippen LogP contribution in [0.3, 0.4) is 0 Å². The molecule has 0 aliphatic heterocycles. The zero-order valence-corrected chi connectivity index (χ0v) is 38.8. The van der Waals surface area contributed by atoms with E-state index in [2.05, 4.69) is 26.6 Å². The third kappa shape index (κ3) is 34.1. The lowest BCUT2D eigenvalue weighted by Crippen LogP contribution is -2.46. The van der Waals surface area contributed by atoms with Crippen molar-refractivity contribution >= 4 is 47.3 Å². The summed E-state index contributed by atoms with van der Waals surface area (Å²) in [6, 6.07) is 4.38. The largest absolute Gasteiger partial charge is 0.481 e. The van der Waals surface area contributed by atoms with Gasteiger partial charge < -0.3 is 55.7 Å². The lowest BCUT2D eigenvalue weighted by Gasteiger charge is -2.16. The van der Waals surface area contributed by atoms with Crippen LogP contribution < -0.4 is 26.6 Å². The number of amides is 5. The van der Waals surface area contributed by atoms with Crippen LogP contribution in [0.2, 0.25) is 0 Å². The Labute approximate surface area is 383 Å². The number of hydrogen-bond acceptors (Lipinski definition) is 12.